The number of piperidine rings is 1. The molecule has 0 aromatic heterocycles. The summed E-state index contributed by atoms with van der Waals surface area (Å²) in [4.78, 5) is 10.3. The van der Waals surface area contributed by atoms with Crippen LogP contribution in [0, 0.1) is 0 Å². The predicted octanol–water partition coefficient (Wildman–Crippen LogP) is -0.362. The predicted molar refractivity (Wildman–Crippen MR) is 57.5 cm³/mol. The van der Waals surface area contributed by atoms with E-state index in [0.29, 0.717) is 13.0 Å². The minimum absolute atomic E-state index is 0.202. The molecule has 0 aromatic carbocycles. The van der Waals surface area contributed by atoms with Crippen molar-refractivity contribution < 1.29 is 23.4 Å². The van der Waals surface area contributed by atoms with Crippen LogP contribution in [-0.2, 0) is 14.8 Å². The lowest BCUT2D eigenvalue weighted by Gasteiger charge is -2.33. The molecule has 0 saturated carbocycles. The van der Waals surface area contributed by atoms with Crippen LogP contribution in [0.4, 0.5) is 0 Å². The summed E-state index contributed by atoms with van der Waals surface area (Å²) < 4.78 is 24.9. The van der Waals surface area contributed by atoms with Crippen molar-refractivity contribution in [1.29, 1.82) is 0 Å². The van der Waals surface area contributed by atoms with Crippen molar-refractivity contribution in [2.45, 2.75) is 31.7 Å². The van der Waals surface area contributed by atoms with Crippen LogP contribution in [0.3, 0.4) is 0 Å². The molecule has 1 aliphatic rings. The zero-order chi connectivity index (χ0) is 12.2. The monoisotopic (exact) mass is 251 g/mol. The number of carboxylic acid groups (broad SMARTS) is 1. The van der Waals surface area contributed by atoms with Crippen LogP contribution in [0.2, 0.25) is 0 Å². The summed E-state index contributed by atoms with van der Waals surface area (Å²) in [5, 5.41) is 17.5. The van der Waals surface area contributed by atoms with E-state index in [0.717, 1.165) is 12.8 Å². The van der Waals surface area contributed by atoms with Crippen molar-refractivity contribution in [3.63, 3.8) is 0 Å². The molecule has 7 heteroatoms. The van der Waals surface area contributed by atoms with Gasteiger partial charge in [-0.3, -0.25) is 4.79 Å². The molecule has 1 aliphatic heterocycles. The highest BCUT2D eigenvalue weighted by Gasteiger charge is 2.31. The number of sulfonamides is 1. The van der Waals surface area contributed by atoms with E-state index < -0.39 is 28.2 Å². The van der Waals surface area contributed by atoms with Crippen molar-refractivity contribution in [1.82, 2.24) is 4.31 Å². The molecule has 2 N–H and O–H groups in total. The zero-order valence-corrected chi connectivity index (χ0v) is 9.82. The summed E-state index contributed by atoms with van der Waals surface area (Å²) in [5.41, 5.74) is 0. The van der Waals surface area contributed by atoms with Gasteiger partial charge in [-0.1, -0.05) is 6.42 Å². The highest BCUT2D eigenvalue weighted by atomic mass is 32.2. The van der Waals surface area contributed by atoms with Gasteiger partial charge in [-0.25, -0.2) is 8.42 Å². The summed E-state index contributed by atoms with van der Waals surface area (Å²) in [6, 6.07) is -0.382. The third-order valence-corrected chi connectivity index (χ3v) is 4.63. The van der Waals surface area contributed by atoms with E-state index in [2.05, 4.69) is 0 Å². The van der Waals surface area contributed by atoms with E-state index in [-0.39, 0.29) is 12.6 Å². The molecule has 0 amide bonds. The second kappa shape index (κ2) is 5.60. The number of nitrogens with zero attached hydrogens (tertiary/aromatic N) is 1. The molecule has 0 spiro atoms. The van der Waals surface area contributed by atoms with Crippen LogP contribution in [0.5, 0.6) is 0 Å². The van der Waals surface area contributed by atoms with Gasteiger partial charge in [0, 0.05) is 12.6 Å². The molecule has 0 radical (unpaired) electrons. The highest BCUT2D eigenvalue weighted by Crippen LogP contribution is 2.20. The Hall–Kier alpha value is -0.660. The van der Waals surface area contributed by atoms with Crippen LogP contribution in [0.15, 0.2) is 0 Å². The third kappa shape index (κ3) is 3.43. The lowest BCUT2D eigenvalue weighted by Crippen LogP contribution is -2.46. The SMILES string of the molecule is O=C(O)CCS(=O)(=O)N1CCCCC1CO. The highest BCUT2D eigenvalue weighted by molar-refractivity contribution is 7.89. The van der Waals surface area contributed by atoms with Gasteiger partial charge in [-0.05, 0) is 12.8 Å². The van der Waals surface area contributed by atoms with Crippen molar-refractivity contribution in [2.24, 2.45) is 0 Å². The van der Waals surface area contributed by atoms with E-state index in [1.807, 2.05) is 0 Å². The standard InChI is InChI=1S/C9H17NO5S/c11-7-8-3-1-2-5-10(8)16(14,15)6-4-9(12)13/h8,11H,1-7H2,(H,12,13). The van der Waals surface area contributed by atoms with Crippen molar-refractivity contribution >= 4 is 16.0 Å². The molecule has 6 nitrogen and oxygen atoms in total. The lowest BCUT2D eigenvalue weighted by molar-refractivity contribution is -0.136. The average Bonchev–Trinajstić information content (AvgIpc) is 2.26. The van der Waals surface area contributed by atoms with Gasteiger partial charge in [0.2, 0.25) is 10.0 Å². The van der Waals surface area contributed by atoms with Crippen LogP contribution < -0.4 is 0 Å². The smallest absolute Gasteiger partial charge is 0.304 e. The lowest BCUT2D eigenvalue weighted by atomic mass is 10.1. The molecular weight excluding hydrogens is 234 g/mol. The quantitative estimate of drug-likeness (QED) is 0.695. The van der Waals surface area contributed by atoms with Gasteiger partial charge >= 0.3 is 5.97 Å². The molecule has 0 aliphatic carbocycles. The third-order valence-electron chi connectivity index (χ3n) is 2.72. The van der Waals surface area contributed by atoms with Crippen molar-refractivity contribution in [3.05, 3.63) is 0 Å². The molecule has 1 saturated heterocycles. The number of aliphatic hydroxyl groups is 1. The molecule has 94 valence electrons. The molecule has 1 unspecified atom stereocenters. The van der Waals surface area contributed by atoms with Crippen LogP contribution >= 0.6 is 0 Å². The van der Waals surface area contributed by atoms with Gasteiger partial charge in [-0.15, -0.1) is 0 Å². The van der Waals surface area contributed by atoms with Crippen LogP contribution in [-0.4, -0.2) is 53.9 Å². The van der Waals surface area contributed by atoms with Gasteiger partial charge in [0.15, 0.2) is 0 Å². The number of hydrogen-bond acceptors (Lipinski definition) is 4. The van der Waals surface area contributed by atoms with Crippen LogP contribution in [0.25, 0.3) is 0 Å². The summed E-state index contributed by atoms with van der Waals surface area (Å²) in [6.07, 6.45) is 1.92. The number of carbonyl (C=O) groups is 1. The normalized spacial score (nSPS) is 23.2. The first-order valence-corrected chi connectivity index (χ1v) is 6.90. The maximum absolute atomic E-state index is 11.8. The molecular formula is C9H17NO5S. The average molecular weight is 251 g/mol. The number of hydrogen-bond donors (Lipinski definition) is 2. The number of aliphatic hydroxyl groups excluding tert-OH is 1. The number of aliphatic carboxylic acids is 1. The summed E-state index contributed by atoms with van der Waals surface area (Å²) in [6.45, 7) is 0.180. The first-order chi connectivity index (χ1) is 7.47. The number of carboxylic acids is 1. The van der Waals surface area contributed by atoms with Gasteiger partial charge in [0.05, 0.1) is 18.8 Å². The van der Waals surface area contributed by atoms with E-state index in [1.54, 1.807) is 0 Å². The molecule has 1 rings (SSSR count). The fraction of sp³-hybridized carbons (Fsp3) is 0.889. The van der Waals surface area contributed by atoms with E-state index in [4.69, 9.17) is 10.2 Å². The Bertz CT molecular complexity index is 340. The number of rotatable bonds is 5. The topological polar surface area (TPSA) is 94.9 Å². The summed E-state index contributed by atoms with van der Waals surface area (Å²) in [5.74, 6) is -1.51. The second-order valence-corrected chi connectivity index (χ2v) is 5.94. The first-order valence-electron chi connectivity index (χ1n) is 5.29. The fourth-order valence-corrected chi connectivity index (χ4v) is 3.56. The van der Waals surface area contributed by atoms with E-state index in [1.165, 1.54) is 4.31 Å². The van der Waals surface area contributed by atoms with Crippen LogP contribution in [0.1, 0.15) is 25.7 Å². The largest absolute Gasteiger partial charge is 0.481 e. The zero-order valence-electron chi connectivity index (χ0n) is 9.00. The maximum atomic E-state index is 11.8. The van der Waals surface area contributed by atoms with Gasteiger partial charge in [0.25, 0.3) is 0 Å². The molecule has 1 atom stereocenters. The Balaban J connectivity index is 2.68. The molecule has 0 bridgehead atoms. The Morgan fingerprint density at radius 3 is 2.62 bits per heavy atom. The summed E-state index contributed by atoms with van der Waals surface area (Å²) >= 11 is 0. The fourth-order valence-electron chi connectivity index (χ4n) is 1.86. The molecule has 1 heterocycles. The van der Waals surface area contributed by atoms with Gasteiger partial charge in [-0.2, -0.15) is 4.31 Å². The summed E-state index contributed by atoms with van der Waals surface area (Å²) in [7, 11) is -3.55. The maximum Gasteiger partial charge on any atom is 0.304 e. The van der Waals surface area contributed by atoms with Crippen molar-refractivity contribution in [3.8, 4) is 0 Å². The van der Waals surface area contributed by atoms with Gasteiger partial charge < -0.3 is 10.2 Å². The van der Waals surface area contributed by atoms with E-state index >= 15 is 0 Å². The first kappa shape index (κ1) is 13.4. The Labute approximate surface area is 94.9 Å². The minimum atomic E-state index is -3.55. The second-order valence-electron chi connectivity index (χ2n) is 3.90. The minimum Gasteiger partial charge on any atom is -0.481 e. The Morgan fingerprint density at radius 2 is 2.06 bits per heavy atom. The van der Waals surface area contributed by atoms with Gasteiger partial charge in [0.1, 0.15) is 0 Å². The van der Waals surface area contributed by atoms with Crippen molar-refractivity contribution in [2.75, 3.05) is 18.9 Å². The Kier molecular flexibility index (Phi) is 4.69. The Morgan fingerprint density at radius 1 is 1.38 bits per heavy atom. The van der Waals surface area contributed by atoms with E-state index in [9.17, 15) is 13.2 Å². The molecule has 0 aromatic rings. The molecule has 16 heavy (non-hydrogen) atoms. The molecule has 1 fully saturated rings.